The number of ether oxygens (including phenoxy) is 1. The molecule has 1 aromatic rings. The Morgan fingerprint density at radius 3 is 2.76 bits per heavy atom. The van der Waals surface area contributed by atoms with Gasteiger partial charge in [-0.1, -0.05) is 11.3 Å². The fourth-order valence-corrected chi connectivity index (χ4v) is 4.00. The third-order valence-corrected chi connectivity index (χ3v) is 6.04. The van der Waals surface area contributed by atoms with Gasteiger partial charge in [-0.25, -0.2) is 13.1 Å². The van der Waals surface area contributed by atoms with Gasteiger partial charge in [-0.05, 0) is 18.8 Å². The van der Waals surface area contributed by atoms with Crippen LogP contribution in [0.1, 0.15) is 12.8 Å². The van der Waals surface area contributed by atoms with Gasteiger partial charge in [0, 0.05) is 26.3 Å². The van der Waals surface area contributed by atoms with Crippen LogP contribution >= 0.6 is 11.3 Å². The van der Waals surface area contributed by atoms with Crippen LogP contribution in [0, 0.1) is 16.0 Å². The second-order valence-corrected chi connectivity index (χ2v) is 7.75. The van der Waals surface area contributed by atoms with E-state index in [1.165, 1.54) is 19.9 Å². The van der Waals surface area contributed by atoms with Gasteiger partial charge in [-0.2, -0.15) is 0 Å². The highest BCUT2D eigenvalue weighted by Crippen LogP contribution is 2.36. The van der Waals surface area contributed by atoms with Gasteiger partial charge in [-0.15, -0.1) is 0 Å². The lowest BCUT2D eigenvalue weighted by atomic mass is 10.5. The molecule has 2 rings (SSSR count). The Balaban J connectivity index is 1.92. The average molecular weight is 335 g/mol. The lowest BCUT2D eigenvalue weighted by Crippen LogP contribution is -2.27. The van der Waals surface area contributed by atoms with E-state index in [9.17, 15) is 18.5 Å². The summed E-state index contributed by atoms with van der Waals surface area (Å²) in [6, 6.07) is 1.06. The van der Waals surface area contributed by atoms with Gasteiger partial charge in [-0.3, -0.25) is 10.1 Å². The molecule has 0 aliphatic heterocycles. The first-order chi connectivity index (χ1) is 9.94. The monoisotopic (exact) mass is 335 g/mol. The van der Waals surface area contributed by atoms with E-state index in [2.05, 4.69) is 10.0 Å². The molecule has 1 heterocycles. The molecule has 0 unspecified atom stereocenters. The van der Waals surface area contributed by atoms with Gasteiger partial charge in [0.1, 0.15) is 4.21 Å². The molecular formula is C11H17N3O5S2. The summed E-state index contributed by atoms with van der Waals surface area (Å²) in [5.41, 5.74) is -0.243. The number of anilines is 1. The summed E-state index contributed by atoms with van der Waals surface area (Å²) >= 11 is 0.829. The van der Waals surface area contributed by atoms with Crippen LogP contribution in [0.25, 0.3) is 0 Å². The van der Waals surface area contributed by atoms with E-state index in [1.807, 2.05) is 0 Å². The van der Waals surface area contributed by atoms with Gasteiger partial charge in [0.05, 0.1) is 11.5 Å². The highest BCUT2D eigenvalue weighted by Gasteiger charge is 2.25. The average Bonchev–Trinajstić information content (AvgIpc) is 3.13. The van der Waals surface area contributed by atoms with Crippen molar-refractivity contribution in [2.45, 2.75) is 17.1 Å². The standard InChI is InChI=1S/C11H17N3O5S2/c1-12-11-9(14(15)16)6-10(20-11)21(17,18)13-4-5-19-7-8-2-3-8/h6,8,12-13H,2-5,7H2,1H3. The van der Waals surface area contributed by atoms with E-state index in [1.54, 1.807) is 0 Å². The molecule has 0 bridgehead atoms. The van der Waals surface area contributed by atoms with Crippen LogP contribution in [0.15, 0.2) is 10.3 Å². The Bertz CT molecular complexity index is 609. The molecular weight excluding hydrogens is 318 g/mol. The van der Waals surface area contributed by atoms with Gasteiger partial charge >= 0.3 is 5.69 Å². The maximum atomic E-state index is 12.0. The summed E-state index contributed by atoms with van der Waals surface area (Å²) in [6.45, 7) is 1.10. The smallest absolute Gasteiger partial charge is 0.304 e. The van der Waals surface area contributed by atoms with E-state index >= 15 is 0 Å². The summed E-state index contributed by atoms with van der Waals surface area (Å²) in [5.74, 6) is 0.625. The minimum absolute atomic E-state index is 0.0826. The first kappa shape index (κ1) is 16.1. The molecule has 10 heteroatoms. The zero-order valence-electron chi connectivity index (χ0n) is 11.5. The number of thiophene rings is 1. The number of nitro groups is 1. The third-order valence-electron chi connectivity index (χ3n) is 2.97. The number of sulfonamides is 1. The van der Waals surface area contributed by atoms with E-state index < -0.39 is 14.9 Å². The van der Waals surface area contributed by atoms with Crippen molar-refractivity contribution in [3.05, 3.63) is 16.2 Å². The Labute approximate surface area is 126 Å². The molecule has 0 saturated heterocycles. The molecule has 0 atom stereocenters. The Kier molecular flexibility index (Phi) is 5.14. The summed E-state index contributed by atoms with van der Waals surface area (Å²) in [6.07, 6.45) is 2.36. The van der Waals surface area contributed by atoms with Crippen LogP contribution in [0.2, 0.25) is 0 Å². The number of hydrogen-bond donors (Lipinski definition) is 2. The molecule has 21 heavy (non-hydrogen) atoms. The number of nitrogens with one attached hydrogen (secondary N) is 2. The molecule has 1 aliphatic rings. The molecule has 1 fully saturated rings. The molecule has 0 amide bonds. The molecule has 0 radical (unpaired) electrons. The lowest BCUT2D eigenvalue weighted by Gasteiger charge is -2.05. The van der Waals surface area contributed by atoms with E-state index in [-0.39, 0.29) is 21.4 Å². The normalized spacial score (nSPS) is 15.1. The number of hydrogen-bond acceptors (Lipinski definition) is 7. The SMILES string of the molecule is CNc1sc(S(=O)(=O)NCCOCC2CC2)cc1[N+](=O)[O-]. The number of rotatable bonds is 9. The van der Waals surface area contributed by atoms with Gasteiger partial charge in [0.15, 0.2) is 5.00 Å². The Morgan fingerprint density at radius 2 is 2.24 bits per heavy atom. The minimum atomic E-state index is -3.75. The van der Waals surface area contributed by atoms with Gasteiger partial charge in [0.25, 0.3) is 0 Å². The second kappa shape index (κ2) is 6.69. The molecule has 1 aromatic heterocycles. The molecule has 1 aliphatic carbocycles. The van der Waals surface area contributed by atoms with Crippen molar-refractivity contribution < 1.29 is 18.1 Å². The maximum absolute atomic E-state index is 12.0. The van der Waals surface area contributed by atoms with Crippen molar-refractivity contribution in [1.29, 1.82) is 0 Å². The Morgan fingerprint density at radius 1 is 1.52 bits per heavy atom. The van der Waals surface area contributed by atoms with Crippen LogP contribution in [0.4, 0.5) is 10.7 Å². The predicted octanol–water partition coefficient (Wildman–Crippen LogP) is 1.40. The topological polar surface area (TPSA) is 111 Å². The van der Waals surface area contributed by atoms with Crippen molar-refractivity contribution in [3.63, 3.8) is 0 Å². The largest absolute Gasteiger partial charge is 0.380 e. The summed E-state index contributed by atoms with van der Waals surface area (Å²) < 4.78 is 31.7. The van der Waals surface area contributed by atoms with Crippen molar-refractivity contribution in [1.82, 2.24) is 4.72 Å². The molecule has 0 spiro atoms. The van der Waals surface area contributed by atoms with Crippen molar-refractivity contribution >= 4 is 32.0 Å². The first-order valence-electron chi connectivity index (χ1n) is 6.47. The highest BCUT2D eigenvalue weighted by atomic mass is 32.2. The van der Waals surface area contributed by atoms with Crippen molar-refractivity contribution in [3.8, 4) is 0 Å². The highest BCUT2D eigenvalue weighted by molar-refractivity contribution is 7.91. The summed E-state index contributed by atoms with van der Waals surface area (Å²) in [7, 11) is -2.24. The molecule has 8 nitrogen and oxygen atoms in total. The molecule has 0 aromatic carbocycles. The van der Waals surface area contributed by atoms with Gasteiger partial charge in [0.2, 0.25) is 10.0 Å². The molecule has 1 saturated carbocycles. The second-order valence-electron chi connectivity index (χ2n) is 4.70. The van der Waals surface area contributed by atoms with Gasteiger partial charge < -0.3 is 10.1 Å². The fourth-order valence-electron chi connectivity index (χ4n) is 1.66. The Hall–Kier alpha value is -1.23. The van der Waals surface area contributed by atoms with Crippen LogP contribution < -0.4 is 10.0 Å². The van der Waals surface area contributed by atoms with E-state index in [0.717, 1.165) is 17.4 Å². The van der Waals surface area contributed by atoms with E-state index in [4.69, 9.17) is 4.74 Å². The van der Waals surface area contributed by atoms with Crippen LogP contribution in [-0.2, 0) is 14.8 Å². The minimum Gasteiger partial charge on any atom is -0.380 e. The zero-order valence-corrected chi connectivity index (χ0v) is 13.1. The van der Waals surface area contributed by atoms with Crippen LogP contribution in [-0.4, -0.2) is 40.1 Å². The molecule has 118 valence electrons. The quantitative estimate of drug-likeness (QED) is 0.401. The van der Waals surface area contributed by atoms with Crippen molar-refractivity contribution in [2.75, 3.05) is 32.1 Å². The first-order valence-corrected chi connectivity index (χ1v) is 8.77. The van der Waals surface area contributed by atoms with Crippen LogP contribution in [0.5, 0.6) is 0 Å². The van der Waals surface area contributed by atoms with Crippen LogP contribution in [0.3, 0.4) is 0 Å². The summed E-state index contributed by atoms with van der Waals surface area (Å²) in [5, 5.41) is 13.7. The van der Waals surface area contributed by atoms with Crippen molar-refractivity contribution in [2.24, 2.45) is 5.92 Å². The predicted molar refractivity (Wildman–Crippen MR) is 79.3 cm³/mol. The maximum Gasteiger partial charge on any atom is 0.304 e. The number of nitrogens with zero attached hydrogens (tertiary/aromatic N) is 1. The fraction of sp³-hybridized carbons (Fsp3) is 0.636. The molecule has 2 N–H and O–H groups in total. The zero-order chi connectivity index (χ0) is 15.5. The summed E-state index contributed by atoms with van der Waals surface area (Å²) in [4.78, 5) is 10.2. The van der Waals surface area contributed by atoms with E-state index in [0.29, 0.717) is 19.1 Å². The third kappa shape index (κ3) is 4.37. The lowest BCUT2D eigenvalue weighted by molar-refractivity contribution is -0.383.